The number of carbonyl (C=O) groups excluding carboxylic acids is 1. The van der Waals surface area contributed by atoms with Gasteiger partial charge in [-0.05, 0) is 29.8 Å². The molecular weight excluding hydrogens is 454 g/mol. The third kappa shape index (κ3) is 4.39. The lowest BCUT2D eigenvalue weighted by molar-refractivity contribution is 0.0985. The molecule has 0 saturated heterocycles. The molecule has 0 N–H and O–H groups in total. The Morgan fingerprint density at radius 1 is 1.03 bits per heavy atom. The van der Waals surface area contributed by atoms with E-state index < -0.39 is 27.4 Å². The Hall–Kier alpha value is -3.17. The predicted octanol–water partition coefficient (Wildman–Crippen LogP) is 5.22. The smallest absolute Gasteiger partial charge is 0.260 e. The highest BCUT2D eigenvalue weighted by atomic mass is 32.2. The molecule has 1 amide bonds. The van der Waals surface area contributed by atoms with Gasteiger partial charge in [-0.3, -0.25) is 9.69 Å². The summed E-state index contributed by atoms with van der Waals surface area (Å²) in [7, 11) is -3.51. The van der Waals surface area contributed by atoms with Crippen LogP contribution in [0.1, 0.15) is 22.8 Å². The van der Waals surface area contributed by atoms with Crippen molar-refractivity contribution in [3.63, 3.8) is 0 Å². The van der Waals surface area contributed by atoms with Gasteiger partial charge in [-0.15, -0.1) is 0 Å². The summed E-state index contributed by atoms with van der Waals surface area (Å²) < 4.78 is 52.7. The summed E-state index contributed by atoms with van der Waals surface area (Å²) in [5.74, 6) is -2.14. The van der Waals surface area contributed by atoms with Gasteiger partial charge in [0.1, 0.15) is 11.3 Å². The minimum absolute atomic E-state index is 0.0282. The summed E-state index contributed by atoms with van der Waals surface area (Å²) in [4.78, 5) is 19.1. The molecule has 0 saturated carbocycles. The first-order valence-corrected chi connectivity index (χ1v) is 12.2. The zero-order chi connectivity index (χ0) is 22.9. The first-order valence-electron chi connectivity index (χ1n) is 9.72. The van der Waals surface area contributed by atoms with E-state index in [-0.39, 0.29) is 38.1 Å². The van der Waals surface area contributed by atoms with Crippen molar-refractivity contribution in [3.05, 3.63) is 89.5 Å². The topological polar surface area (TPSA) is 67.3 Å². The van der Waals surface area contributed by atoms with E-state index in [0.717, 1.165) is 23.0 Å². The Labute approximate surface area is 187 Å². The first-order chi connectivity index (χ1) is 15.3. The van der Waals surface area contributed by atoms with E-state index >= 15 is 0 Å². The van der Waals surface area contributed by atoms with Gasteiger partial charge in [-0.1, -0.05) is 54.7 Å². The number of amides is 1. The molecule has 0 bridgehead atoms. The van der Waals surface area contributed by atoms with Crippen LogP contribution in [0, 0.1) is 11.6 Å². The molecule has 1 heterocycles. The van der Waals surface area contributed by atoms with Crippen molar-refractivity contribution < 1.29 is 22.0 Å². The molecule has 4 aromatic rings. The van der Waals surface area contributed by atoms with E-state index in [1.54, 1.807) is 0 Å². The number of aromatic nitrogens is 1. The summed E-state index contributed by atoms with van der Waals surface area (Å²) in [5, 5.41) is 0.183. The maximum atomic E-state index is 14.2. The quantitative estimate of drug-likeness (QED) is 0.386. The number of halogens is 2. The summed E-state index contributed by atoms with van der Waals surface area (Å²) in [6.45, 7) is 1.65. The molecule has 32 heavy (non-hydrogen) atoms. The molecule has 4 rings (SSSR count). The van der Waals surface area contributed by atoms with Crippen molar-refractivity contribution in [2.24, 2.45) is 0 Å². The largest absolute Gasteiger partial charge is 0.279 e. The van der Waals surface area contributed by atoms with Gasteiger partial charge in [0.05, 0.1) is 21.9 Å². The van der Waals surface area contributed by atoms with Crippen LogP contribution in [-0.2, 0) is 16.4 Å². The molecule has 0 aliphatic heterocycles. The fourth-order valence-corrected chi connectivity index (χ4v) is 5.13. The van der Waals surface area contributed by atoms with Crippen LogP contribution in [0.5, 0.6) is 0 Å². The number of sulfone groups is 1. The number of fused-ring (bicyclic) bond motifs is 1. The fraction of sp³-hybridized carbons (Fsp3) is 0.130. The average Bonchev–Trinajstić information content (AvgIpc) is 3.22. The molecule has 5 nitrogen and oxygen atoms in total. The van der Waals surface area contributed by atoms with Crippen molar-refractivity contribution in [2.75, 3.05) is 10.7 Å². The standard InChI is InChI=1S/C23H18F2N2O3S2/c1-2-32(29,30)18-10-6-9-16(11-18)22(28)27(14-15-7-4-3-5-8-15)23-26-21-19(25)12-17(24)13-20(21)31-23/h3-13H,2,14H2,1H3. The van der Waals surface area contributed by atoms with Crippen LogP contribution >= 0.6 is 11.3 Å². The van der Waals surface area contributed by atoms with Gasteiger partial charge in [0.25, 0.3) is 5.91 Å². The lowest BCUT2D eigenvalue weighted by Crippen LogP contribution is -2.30. The summed E-state index contributed by atoms with van der Waals surface area (Å²) >= 11 is 0.986. The van der Waals surface area contributed by atoms with E-state index in [1.165, 1.54) is 42.2 Å². The summed E-state index contributed by atoms with van der Waals surface area (Å²) in [6, 6.07) is 16.8. The van der Waals surface area contributed by atoms with Gasteiger partial charge in [-0.2, -0.15) is 0 Å². The van der Waals surface area contributed by atoms with Gasteiger partial charge >= 0.3 is 0 Å². The van der Waals surface area contributed by atoms with Crippen molar-refractivity contribution in [3.8, 4) is 0 Å². The van der Waals surface area contributed by atoms with Crippen molar-refractivity contribution in [2.45, 2.75) is 18.4 Å². The molecule has 0 spiro atoms. The minimum atomic E-state index is -3.51. The Bertz CT molecular complexity index is 1400. The Morgan fingerprint density at radius 2 is 1.78 bits per heavy atom. The van der Waals surface area contributed by atoms with E-state index in [1.807, 2.05) is 30.3 Å². The Morgan fingerprint density at radius 3 is 2.50 bits per heavy atom. The van der Waals surface area contributed by atoms with E-state index in [4.69, 9.17) is 0 Å². The molecule has 0 atom stereocenters. The SMILES string of the molecule is CCS(=O)(=O)c1cccc(C(=O)N(Cc2ccccc2)c2nc3c(F)cc(F)cc3s2)c1. The lowest BCUT2D eigenvalue weighted by Gasteiger charge is -2.20. The van der Waals surface area contributed by atoms with Gasteiger partial charge in [-0.25, -0.2) is 22.2 Å². The van der Waals surface area contributed by atoms with Crippen LogP contribution in [0.3, 0.4) is 0 Å². The number of anilines is 1. The molecule has 0 aliphatic carbocycles. The van der Waals surface area contributed by atoms with E-state index in [9.17, 15) is 22.0 Å². The number of carbonyl (C=O) groups is 1. The third-order valence-corrected chi connectivity index (χ3v) is 7.64. The molecule has 164 valence electrons. The van der Waals surface area contributed by atoms with Crippen LogP contribution in [0.4, 0.5) is 13.9 Å². The second-order valence-electron chi connectivity index (χ2n) is 7.04. The molecule has 9 heteroatoms. The maximum absolute atomic E-state index is 14.2. The number of nitrogens with zero attached hydrogens (tertiary/aromatic N) is 2. The van der Waals surface area contributed by atoms with Gasteiger partial charge in [0.2, 0.25) is 0 Å². The maximum Gasteiger partial charge on any atom is 0.260 e. The number of thiazole rings is 1. The molecule has 1 aromatic heterocycles. The molecular formula is C23H18F2N2O3S2. The van der Waals surface area contributed by atoms with E-state index in [2.05, 4.69) is 4.98 Å². The molecule has 0 unspecified atom stereocenters. The van der Waals surface area contributed by atoms with Crippen LogP contribution < -0.4 is 4.90 Å². The minimum Gasteiger partial charge on any atom is -0.279 e. The van der Waals surface area contributed by atoms with Gasteiger partial charge in [0.15, 0.2) is 20.8 Å². The molecule has 0 aliphatic rings. The van der Waals surface area contributed by atoms with Crippen LogP contribution in [-0.4, -0.2) is 25.1 Å². The van der Waals surface area contributed by atoms with Crippen LogP contribution in [0.15, 0.2) is 71.6 Å². The Balaban J connectivity index is 1.81. The fourth-order valence-electron chi connectivity index (χ4n) is 3.20. The molecule has 3 aromatic carbocycles. The highest BCUT2D eigenvalue weighted by molar-refractivity contribution is 7.91. The highest BCUT2D eigenvalue weighted by Gasteiger charge is 2.24. The number of benzene rings is 3. The number of hydrogen-bond acceptors (Lipinski definition) is 5. The normalized spacial score (nSPS) is 11.6. The third-order valence-electron chi connectivity index (χ3n) is 4.88. The van der Waals surface area contributed by atoms with Gasteiger partial charge < -0.3 is 0 Å². The van der Waals surface area contributed by atoms with E-state index in [0.29, 0.717) is 0 Å². The summed E-state index contributed by atoms with van der Waals surface area (Å²) in [5.41, 5.74) is 0.921. The van der Waals surface area contributed by atoms with Crippen molar-refractivity contribution >= 4 is 42.4 Å². The lowest BCUT2D eigenvalue weighted by atomic mass is 10.1. The molecule has 0 fully saturated rings. The first kappa shape index (κ1) is 22.0. The van der Waals surface area contributed by atoms with Crippen LogP contribution in [0.25, 0.3) is 10.2 Å². The van der Waals surface area contributed by atoms with Gasteiger partial charge in [0, 0.05) is 11.6 Å². The monoisotopic (exact) mass is 472 g/mol. The van der Waals surface area contributed by atoms with Crippen molar-refractivity contribution in [1.82, 2.24) is 4.98 Å². The number of hydrogen-bond donors (Lipinski definition) is 0. The number of rotatable bonds is 6. The Kier molecular flexibility index (Phi) is 6.03. The zero-order valence-corrected chi connectivity index (χ0v) is 18.6. The molecule has 0 radical (unpaired) electrons. The average molecular weight is 473 g/mol. The second kappa shape index (κ2) is 8.76. The van der Waals surface area contributed by atoms with Crippen molar-refractivity contribution in [1.29, 1.82) is 0 Å². The highest BCUT2D eigenvalue weighted by Crippen LogP contribution is 2.33. The second-order valence-corrected chi connectivity index (χ2v) is 10.3. The summed E-state index contributed by atoms with van der Waals surface area (Å²) in [6.07, 6.45) is 0. The predicted molar refractivity (Wildman–Crippen MR) is 121 cm³/mol. The zero-order valence-electron chi connectivity index (χ0n) is 17.0. The van der Waals surface area contributed by atoms with Crippen LogP contribution in [0.2, 0.25) is 0 Å².